The van der Waals surface area contributed by atoms with Gasteiger partial charge in [-0.25, -0.2) is 0 Å². The van der Waals surface area contributed by atoms with Crippen molar-refractivity contribution in [2.45, 2.75) is 44.6 Å². The fourth-order valence-electron chi connectivity index (χ4n) is 3.53. The van der Waals surface area contributed by atoms with Crippen LogP contribution < -0.4 is 5.73 Å². The zero-order valence-electron chi connectivity index (χ0n) is 14.2. The van der Waals surface area contributed by atoms with E-state index in [1.807, 2.05) is 30.3 Å². The van der Waals surface area contributed by atoms with Crippen molar-refractivity contribution in [3.63, 3.8) is 0 Å². The topological polar surface area (TPSA) is 46.3 Å². The van der Waals surface area contributed by atoms with Gasteiger partial charge in [0.1, 0.15) is 0 Å². The summed E-state index contributed by atoms with van der Waals surface area (Å²) in [6, 6.07) is 18.5. The maximum absolute atomic E-state index is 12.9. The number of nitrogens with zero attached hydrogens (tertiary/aromatic N) is 1. The Morgan fingerprint density at radius 1 is 0.958 bits per heavy atom. The first-order valence-corrected chi connectivity index (χ1v) is 8.90. The van der Waals surface area contributed by atoms with E-state index in [1.54, 1.807) is 0 Å². The summed E-state index contributed by atoms with van der Waals surface area (Å²) in [6.45, 7) is 0.808. The van der Waals surface area contributed by atoms with E-state index in [4.69, 9.17) is 5.73 Å². The van der Waals surface area contributed by atoms with E-state index in [1.165, 1.54) is 18.4 Å². The average Bonchev–Trinajstić information content (AvgIpc) is 3.12. The highest BCUT2D eigenvalue weighted by atomic mass is 16.2. The third kappa shape index (κ3) is 4.38. The lowest BCUT2D eigenvalue weighted by atomic mass is 10.1. The van der Waals surface area contributed by atoms with Crippen LogP contribution in [0.15, 0.2) is 54.6 Å². The van der Waals surface area contributed by atoms with Crippen molar-refractivity contribution in [1.29, 1.82) is 0 Å². The van der Waals surface area contributed by atoms with Gasteiger partial charge >= 0.3 is 0 Å². The van der Waals surface area contributed by atoms with E-state index in [2.05, 4.69) is 29.2 Å². The molecule has 1 aliphatic carbocycles. The number of carbonyl (C=O) groups excluding carboxylic acids is 1. The number of amides is 1. The molecule has 2 N–H and O–H groups in total. The molecule has 3 rings (SSSR count). The van der Waals surface area contributed by atoms with Gasteiger partial charge in [-0.05, 0) is 42.5 Å². The molecule has 1 saturated carbocycles. The first-order valence-electron chi connectivity index (χ1n) is 8.90. The SMILES string of the molecule is Nc1ccc(CC(=O)N(CCc2ccccc2)C2CCCC2)cc1. The summed E-state index contributed by atoms with van der Waals surface area (Å²) >= 11 is 0. The summed E-state index contributed by atoms with van der Waals surface area (Å²) in [7, 11) is 0. The number of hydrogen-bond donors (Lipinski definition) is 1. The molecule has 0 radical (unpaired) electrons. The van der Waals surface area contributed by atoms with E-state index in [9.17, 15) is 4.79 Å². The lowest BCUT2D eigenvalue weighted by molar-refractivity contribution is -0.132. The molecule has 0 aromatic heterocycles. The van der Waals surface area contributed by atoms with Crippen LogP contribution in [-0.2, 0) is 17.6 Å². The lowest BCUT2D eigenvalue weighted by Gasteiger charge is -2.29. The summed E-state index contributed by atoms with van der Waals surface area (Å²) in [4.78, 5) is 15.0. The average molecular weight is 322 g/mol. The van der Waals surface area contributed by atoms with E-state index in [0.29, 0.717) is 12.5 Å². The first-order chi connectivity index (χ1) is 11.7. The first kappa shape index (κ1) is 16.6. The highest BCUT2D eigenvalue weighted by Crippen LogP contribution is 2.24. The van der Waals surface area contributed by atoms with Gasteiger partial charge in [-0.3, -0.25) is 4.79 Å². The number of nitrogens with two attached hydrogens (primary N) is 1. The van der Waals surface area contributed by atoms with Crippen molar-refractivity contribution in [3.05, 3.63) is 65.7 Å². The number of anilines is 1. The Kier molecular flexibility index (Phi) is 5.52. The highest BCUT2D eigenvalue weighted by Gasteiger charge is 2.26. The fraction of sp³-hybridized carbons (Fsp3) is 0.381. The molecule has 1 aliphatic rings. The fourth-order valence-corrected chi connectivity index (χ4v) is 3.53. The van der Waals surface area contributed by atoms with Crippen LogP contribution in [0.5, 0.6) is 0 Å². The van der Waals surface area contributed by atoms with Gasteiger partial charge in [0, 0.05) is 18.3 Å². The van der Waals surface area contributed by atoms with Crippen LogP contribution in [0.1, 0.15) is 36.8 Å². The monoisotopic (exact) mass is 322 g/mol. The Balaban J connectivity index is 1.66. The lowest BCUT2D eigenvalue weighted by Crippen LogP contribution is -2.41. The second-order valence-electron chi connectivity index (χ2n) is 6.68. The van der Waals surface area contributed by atoms with E-state index >= 15 is 0 Å². The predicted molar refractivity (Wildman–Crippen MR) is 98.7 cm³/mol. The molecule has 0 bridgehead atoms. The van der Waals surface area contributed by atoms with Gasteiger partial charge in [0.15, 0.2) is 0 Å². The van der Waals surface area contributed by atoms with Gasteiger partial charge in [-0.2, -0.15) is 0 Å². The molecule has 3 heteroatoms. The van der Waals surface area contributed by atoms with Crippen LogP contribution in [0.25, 0.3) is 0 Å². The molecule has 0 atom stereocenters. The van der Waals surface area contributed by atoms with Crippen molar-refractivity contribution in [3.8, 4) is 0 Å². The summed E-state index contributed by atoms with van der Waals surface area (Å²) in [5.74, 6) is 0.239. The predicted octanol–water partition coefficient (Wildman–Crippen LogP) is 3.83. The number of rotatable bonds is 6. The normalized spacial score (nSPS) is 14.7. The van der Waals surface area contributed by atoms with Gasteiger partial charge in [0.2, 0.25) is 5.91 Å². The Morgan fingerprint density at radius 3 is 2.29 bits per heavy atom. The zero-order valence-corrected chi connectivity index (χ0v) is 14.2. The van der Waals surface area contributed by atoms with Crippen LogP contribution in [0.2, 0.25) is 0 Å². The molecule has 1 amide bonds. The van der Waals surface area contributed by atoms with Crippen LogP contribution in [0.3, 0.4) is 0 Å². The number of carbonyl (C=O) groups is 1. The van der Waals surface area contributed by atoms with Crippen molar-refractivity contribution in [2.75, 3.05) is 12.3 Å². The Hall–Kier alpha value is -2.29. The molecular weight excluding hydrogens is 296 g/mol. The van der Waals surface area contributed by atoms with Crippen LogP contribution in [0, 0.1) is 0 Å². The smallest absolute Gasteiger partial charge is 0.227 e. The minimum atomic E-state index is 0.239. The van der Waals surface area contributed by atoms with Crippen molar-refractivity contribution < 1.29 is 4.79 Å². The molecule has 0 saturated heterocycles. The number of nitrogen functional groups attached to an aromatic ring is 1. The molecule has 2 aromatic rings. The van der Waals surface area contributed by atoms with Crippen LogP contribution in [-0.4, -0.2) is 23.4 Å². The second kappa shape index (κ2) is 8.00. The third-order valence-corrected chi connectivity index (χ3v) is 4.91. The molecule has 0 unspecified atom stereocenters. The Bertz CT molecular complexity index is 645. The van der Waals surface area contributed by atoms with E-state index in [-0.39, 0.29) is 5.91 Å². The highest BCUT2D eigenvalue weighted by molar-refractivity contribution is 5.79. The van der Waals surface area contributed by atoms with Crippen molar-refractivity contribution in [1.82, 2.24) is 4.90 Å². The maximum Gasteiger partial charge on any atom is 0.227 e. The zero-order chi connectivity index (χ0) is 16.8. The molecule has 0 heterocycles. The Morgan fingerprint density at radius 2 is 1.62 bits per heavy atom. The van der Waals surface area contributed by atoms with Crippen LogP contribution in [0.4, 0.5) is 5.69 Å². The van der Waals surface area contributed by atoms with Gasteiger partial charge in [-0.1, -0.05) is 55.3 Å². The molecule has 2 aromatic carbocycles. The van der Waals surface area contributed by atoms with Gasteiger partial charge < -0.3 is 10.6 Å². The Labute approximate surface area is 144 Å². The third-order valence-electron chi connectivity index (χ3n) is 4.91. The largest absolute Gasteiger partial charge is 0.399 e. The molecular formula is C21H26N2O. The minimum absolute atomic E-state index is 0.239. The quantitative estimate of drug-likeness (QED) is 0.822. The van der Waals surface area contributed by atoms with E-state index < -0.39 is 0 Å². The number of hydrogen-bond acceptors (Lipinski definition) is 2. The van der Waals surface area contributed by atoms with Gasteiger partial charge in [0.05, 0.1) is 6.42 Å². The van der Waals surface area contributed by atoms with Crippen molar-refractivity contribution >= 4 is 11.6 Å². The second-order valence-corrected chi connectivity index (χ2v) is 6.68. The maximum atomic E-state index is 12.9. The standard InChI is InChI=1S/C21H26N2O/c22-19-12-10-18(11-13-19)16-21(24)23(20-8-4-5-9-20)15-14-17-6-2-1-3-7-17/h1-3,6-7,10-13,20H,4-5,8-9,14-16,22H2. The molecule has 24 heavy (non-hydrogen) atoms. The summed E-state index contributed by atoms with van der Waals surface area (Å²) in [6.07, 6.45) is 6.14. The molecule has 126 valence electrons. The van der Waals surface area contributed by atoms with E-state index in [0.717, 1.165) is 37.1 Å². The molecule has 1 fully saturated rings. The molecule has 0 spiro atoms. The molecule has 3 nitrogen and oxygen atoms in total. The summed E-state index contributed by atoms with van der Waals surface area (Å²) in [5, 5.41) is 0. The summed E-state index contributed by atoms with van der Waals surface area (Å²) in [5.41, 5.74) is 8.80. The van der Waals surface area contributed by atoms with Crippen molar-refractivity contribution in [2.24, 2.45) is 0 Å². The molecule has 0 aliphatic heterocycles. The number of benzene rings is 2. The van der Waals surface area contributed by atoms with Crippen LogP contribution >= 0.6 is 0 Å². The van der Waals surface area contributed by atoms with Gasteiger partial charge in [0.25, 0.3) is 0 Å². The summed E-state index contributed by atoms with van der Waals surface area (Å²) < 4.78 is 0. The van der Waals surface area contributed by atoms with Gasteiger partial charge in [-0.15, -0.1) is 0 Å². The minimum Gasteiger partial charge on any atom is -0.399 e.